The fraction of sp³-hybridized carbons (Fsp3) is 0.190. The summed E-state index contributed by atoms with van der Waals surface area (Å²) < 4.78 is 5.12. The Kier molecular flexibility index (Phi) is 4.89. The zero-order chi connectivity index (χ0) is 17.8. The lowest BCUT2D eigenvalue weighted by molar-refractivity contribution is -0.112. The number of carbonyl (C=O) groups excluding carboxylic acids is 1. The van der Waals surface area contributed by atoms with Crippen molar-refractivity contribution in [2.24, 2.45) is 0 Å². The molecular formula is C21H20O4. The molecule has 3 rings (SSSR count). The molecule has 0 heterocycles. The van der Waals surface area contributed by atoms with Crippen molar-refractivity contribution in [2.75, 3.05) is 7.11 Å². The van der Waals surface area contributed by atoms with Gasteiger partial charge in [-0.15, -0.1) is 0 Å². The Bertz CT molecular complexity index is 845. The lowest BCUT2D eigenvalue weighted by Gasteiger charge is -2.17. The van der Waals surface area contributed by atoms with E-state index >= 15 is 0 Å². The van der Waals surface area contributed by atoms with Crippen LogP contribution in [0.5, 0.6) is 17.2 Å². The van der Waals surface area contributed by atoms with Gasteiger partial charge in [0.25, 0.3) is 0 Å². The molecule has 1 aliphatic rings. The Balaban J connectivity index is 1.88. The molecule has 2 N–H and O–H groups in total. The van der Waals surface area contributed by atoms with Gasteiger partial charge in [-0.25, -0.2) is 0 Å². The molecule has 0 amide bonds. The maximum Gasteiger partial charge on any atom is 0.185 e. The monoisotopic (exact) mass is 336 g/mol. The molecule has 2 aromatic carbocycles. The van der Waals surface area contributed by atoms with Crippen molar-refractivity contribution in [3.63, 3.8) is 0 Å². The highest BCUT2D eigenvalue weighted by Crippen LogP contribution is 2.31. The Hall–Kier alpha value is -3.01. The average molecular weight is 336 g/mol. The molecule has 4 heteroatoms. The van der Waals surface area contributed by atoms with Gasteiger partial charge in [-0.05, 0) is 66.8 Å². The van der Waals surface area contributed by atoms with Crippen molar-refractivity contribution in [3.8, 4) is 17.2 Å². The number of aromatic hydroxyl groups is 2. The molecule has 1 fully saturated rings. The van der Waals surface area contributed by atoms with Crippen molar-refractivity contribution < 1.29 is 19.7 Å². The number of phenolic OH excluding ortho intramolecular Hbond substituents is 2. The van der Waals surface area contributed by atoms with Crippen LogP contribution in [0.25, 0.3) is 12.2 Å². The smallest absolute Gasteiger partial charge is 0.185 e. The quantitative estimate of drug-likeness (QED) is 0.819. The molecule has 0 unspecified atom stereocenters. The van der Waals surface area contributed by atoms with Crippen LogP contribution in [0, 0.1) is 0 Å². The first-order valence-electron chi connectivity index (χ1n) is 8.18. The number of ketones is 1. The topological polar surface area (TPSA) is 66.8 Å². The van der Waals surface area contributed by atoms with E-state index in [4.69, 9.17) is 4.74 Å². The largest absolute Gasteiger partial charge is 0.508 e. The minimum absolute atomic E-state index is 0.0476. The highest BCUT2D eigenvalue weighted by Gasteiger charge is 2.20. The number of hydrogen-bond donors (Lipinski definition) is 2. The van der Waals surface area contributed by atoms with E-state index in [-0.39, 0.29) is 17.3 Å². The SMILES string of the molecule is COc1cc(/C=C2\CCC/C(=C\c3ccc(O)cc3)C2=O)ccc1O. The molecule has 1 saturated carbocycles. The Labute approximate surface area is 146 Å². The van der Waals surface area contributed by atoms with Crippen LogP contribution in [0.15, 0.2) is 53.6 Å². The van der Waals surface area contributed by atoms with E-state index in [1.807, 2.05) is 12.2 Å². The number of carbonyl (C=O) groups is 1. The predicted octanol–water partition coefficient (Wildman–Crippen LogP) is 4.33. The molecule has 2 aromatic rings. The van der Waals surface area contributed by atoms with Crippen LogP contribution < -0.4 is 4.74 Å². The van der Waals surface area contributed by atoms with E-state index < -0.39 is 0 Å². The van der Waals surface area contributed by atoms with Crippen molar-refractivity contribution >= 4 is 17.9 Å². The summed E-state index contributed by atoms with van der Waals surface area (Å²) in [5, 5.41) is 19.0. The molecule has 0 spiro atoms. The molecule has 0 bridgehead atoms. The second-order valence-electron chi connectivity index (χ2n) is 6.04. The molecule has 0 radical (unpaired) electrons. The molecule has 1 aliphatic carbocycles. The van der Waals surface area contributed by atoms with Crippen LogP contribution in [0.4, 0.5) is 0 Å². The molecule has 0 saturated heterocycles. The second-order valence-corrected chi connectivity index (χ2v) is 6.04. The van der Waals surface area contributed by atoms with Gasteiger partial charge in [0.15, 0.2) is 17.3 Å². The zero-order valence-electron chi connectivity index (χ0n) is 14.0. The van der Waals surface area contributed by atoms with Crippen LogP contribution >= 0.6 is 0 Å². The standard InChI is InChI=1S/C21H20O4/c1-25-20-13-15(7-10-19(20)23)12-17-4-2-3-16(21(17)24)11-14-5-8-18(22)9-6-14/h5-13,22-23H,2-4H2,1H3/b16-11+,17-12+. The normalized spacial score (nSPS) is 17.9. The Morgan fingerprint density at radius 2 is 1.52 bits per heavy atom. The summed E-state index contributed by atoms with van der Waals surface area (Å²) in [4.78, 5) is 12.8. The zero-order valence-corrected chi connectivity index (χ0v) is 14.0. The van der Waals surface area contributed by atoms with Gasteiger partial charge in [0, 0.05) is 11.1 Å². The number of Topliss-reactive ketones (excluding diaryl/α,β-unsaturated/α-hetero) is 1. The second kappa shape index (κ2) is 7.26. The number of rotatable bonds is 3. The summed E-state index contributed by atoms with van der Waals surface area (Å²) in [5.41, 5.74) is 3.25. The molecule has 128 valence electrons. The van der Waals surface area contributed by atoms with E-state index in [1.54, 1.807) is 42.5 Å². The first-order chi connectivity index (χ1) is 12.1. The number of hydrogen-bond acceptors (Lipinski definition) is 4. The first kappa shape index (κ1) is 16.8. The van der Waals surface area contributed by atoms with E-state index in [9.17, 15) is 15.0 Å². The summed E-state index contributed by atoms with van der Waals surface area (Å²) >= 11 is 0. The summed E-state index contributed by atoms with van der Waals surface area (Å²) in [6.45, 7) is 0. The van der Waals surface area contributed by atoms with E-state index in [2.05, 4.69) is 0 Å². The van der Waals surface area contributed by atoms with Crippen LogP contribution in [0.3, 0.4) is 0 Å². The fourth-order valence-electron chi connectivity index (χ4n) is 2.93. The number of methoxy groups -OCH3 is 1. The van der Waals surface area contributed by atoms with Gasteiger partial charge >= 0.3 is 0 Å². The van der Waals surface area contributed by atoms with Crippen LogP contribution in [-0.2, 0) is 4.79 Å². The van der Waals surface area contributed by atoms with E-state index in [1.165, 1.54) is 7.11 Å². The molecule has 0 aromatic heterocycles. The van der Waals surface area contributed by atoms with Crippen molar-refractivity contribution in [1.29, 1.82) is 0 Å². The van der Waals surface area contributed by atoms with Crippen molar-refractivity contribution in [1.82, 2.24) is 0 Å². The Morgan fingerprint density at radius 1 is 0.920 bits per heavy atom. The first-order valence-corrected chi connectivity index (χ1v) is 8.18. The van der Waals surface area contributed by atoms with Crippen molar-refractivity contribution in [2.45, 2.75) is 19.3 Å². The lowest BCUT2D eigenvalue weighted by atomic mass is 9.87. The number of benzene rings is 2. The minimum Gasteiger partial charge on any atom is -0.508 e. The van der Waals surface area contributed by atoms with Gasteiger partial charge in [-0.3, -0.25) is 4.79 Å². The maximum atomic E-state index is 12.8. The maximum absolute atomic E-state index is 12.8. The predicted molar refractivity (Wildman–Crippen MR) is 97.6 cm³/mol. The molecule has 0 aliphatic heterocycles. The summed E-state index contributed by atoms with van der Waals surface area (Å²) in [6.07, 6.45) is 6.13. The number of phenols is 2. The average Bonchev–Trinajstić information content (AvgIpc) is 2.62. The van der Waals surface area contributed by atoms with Gasteiger partial charge in [0.1, 0.15) is 5.75 Å². The van der Waals surface area contributed by atoms with Gasteiger partial charge in [0.05, 0.1) is 7.11 Å². The third kappa shape index (κ3) is 3.91. The van der Waals surface area contributed by atoms with Crippen molar-refractivity contribution in [3.05, 3.63) is 64.7 Å². The van der Waals surface area contributed by atoms with Crippen LogP contribution in [0.1, 0.15) is 30.4 Å². The number of allylic oxidation sites excluding steroid dienone is 2. The number of ether oxygens (including phenoxy) is 1. The highest BCUT2D eigenvalue weighted by atomic mass is 16.5. The van der Waals surface area contributed by atoms with Crippen LogP contribution in [0.2, 0.25) is 0 Å². The summed E-state index contributed by atoms with van der Waals surface area (Å²) in [5.74, 6) is 0.718. The van der Waals surface area contributed by atoms with E-state index in [0.717, 1.165) is 41.5 Å². The van der Waals surface area contributed by atoms with Gasteiger partial charge in [-0.2, -0.15) is 0 Å². The van der Waals surface area contributed by atoms with Gasteiger partial charge < -0.3 is 14.9 Å². The fourth-order valence-corrected chi connectivity index (χ4v) is 2.93. The highest BCUT2D eigenvalue weighted by molar-refractivity contribution is 6.14. The van der Waals surface area contributed by atoms with Gasteiger partial charge in [-0.1, -0.05) is 18.2 Å². The van der Waals surface area contributed by atoms with Gasteiger partial charge in [0.2, 0.25) is 0 Å². The lowest BCUT2D eigenvalue weighted by Crippen LogP contribution is -2.12. The third-order valence-electron chi connectivity index (χ3n) is 4.25. The summed E-state index contributed by atoms with van der Waals surface area (Å²) in [6, 6.07) is 11.8. The molecule has 25 heavy (non-hydrogen) atoms. The van der Waals surface area contributed by atoms with Crippen LogP contribution in [-0.4, -0.2) is 23.1 Å². The molecule has 4 nitrogen and oxygen atoms in total. The third-order valence-corrected chi connectivity index (χ3v) is 4.25. The van der Waals surface area contributed by atoms with E-state index in [0.29, 0.717) is 5.75 Å². The minimum atomic E-state index is 0.0476. The Morgan fingerprint density at radius 3 is 2.16 bits per heavy atom. The summed E-state index contributed by atoms with van der Waals surface area (Å²) in [7, 11) is 1.50. The molecular weight excluding hydrogens is 316 g/mol. The molecule has 0 atom stereocenters.